The molecule has 116 valence electrons. The van der Waals surface area contributed by atoms with Crippen LogP contribution in [0.2, 0.25) is 0 Å². The van der Waals surface area contributed by atoms with Gasteiger partial charge >= 0.3 is 5.69 Å². The molecule has 0 saturated carbocycles. The Bertz CT molecular complexity index is 529. The van der Waals surface area contributed by atoms with Crippen molar-refractivity contribution in [2.45, 2.75) is 32.7 Å². The second kappa shape index (κ2) is 7.03. The summed E-state index contributed by atoms with van der Waals surface area (Å²) in [6, 6.07) is 4.13. The monoisotopic (exact) mass is 295 g/mol. The number of nitrogens with two attached hydrogens (primary N) is 1. The van der Waals surface area contributed by atoms with Gasteiger partial charge in [0.15, 0.2) is 5.75 Å². The van der Waals surface area contributed by atoms with Gasteiger partial charge in [0.2, 0.25) is 0 Å². The molecule has 0 fully saturated rings. The highest BCUT2D eigenvalue weighted by Gasteiger charge is 2.22. The lowest BCUT2D eigenvalue weighted by atomic mass is 10.0. The average Bonchev–Trinajstić information content (AvgIpc) is 2.45. The minimum absolute atomic E-state index is 0.109. The Balaban J connectivity index is 3.00. The van der Waals surface area contributed by atoms with E-state index >= 15 is 0 Å². The van der Waals surface area contributed by atoms with Crippen LogP contribution in [0.5, 0.6) is 5.75 Å². The van der Waals surface area contributed by atoms with Crippen LogP contribution in [0.4, 0.5) is 5.69 Å². The molecular formula is C14H21N3O4. The van der Waals surface area contributed by atoms with Crippen LogP contribution >= 0.6 is 0 Å². The minimum Gasteiger partial charge on any atom is -0.485 e. The summed E-state index contributed by atoms with van der Waals surface area (Å²) in [4.78, 5) is 22.2. The molecule has 0 aliphatic carbocycles. The smallest absolute Gasteiger partial charge is 0.311 e. The molecule has 0 aromatic heterocycles. The SMILES string of the molecule is CCNC(=O)c1ccc(OCC(C)(N)CC)c([N+](=O)[O-])c1. The van der Waals surface area contributed by atoms with E-state index in [0.29, 0.717) is 13.0 Å². The molecule has 0 bridgehead atoms. The third-order valence-electron chi connectivity index (χ3n) is 3.12. The van der Waals surface area contributed by atoms with Crippen LogP contribution in [0.3, 0.4) is 0 Å². The lowest BCUT2D eigenvalue weighted by Crippen LogP contribution is -2.41. The number of ether oxygens (including phenoxy) is 1. The Morgan fingerprint density at radius 2 is 2.14 bits per heavy atom. The van der Waals surface area contributed by atoms with Crippen molar-refractivity contribution in [2.24, 2.45) is 5.73 Å². The van der Waals surface area contributed by atoms with Crippen LogP contribution in [-0.2, 0) is 0 Å². The molecule has 0 aliphatic rings. The van der Waals surface area contributed by atoms with Gasteiger partial charge in [-0.15, -0.1) is 0 Å². The predicted octanol–water partition coefficient (Wildman–Crippen LogP) is 1.85. The van der Waals surface area contributed by atoms with E-state index in [9.17, 15) is 14.9 Å². The summed E-state index contributed by atoms with van der Waals surface area (Å²) in [6.45, 7) is 6.10. The molecule has 0 radical (unpaired) electrons. The molecule has 21 heavy (non-hydrogen) atoms. The topological polar surface area (TPSA) is 107 Å². The molecule has 0 saturated heterocycles. The van der Waals surface area contributed by atoms with Crippen molar-refractivity contribution in [3.63, 3.8) is 0 Å². The van der Waals surface area contributed by atoms with E-state index in [2.05, 4.69) is 5.32 Å². The minimum atomic E-state index is -0.572. The van der Waals surface area contributed by atoms with Gasteiger partial charge in [-0.3, -0.25) is 14.9 Å². The van der Waals surface area contributed by atoms with Crippen molar-refractivity contribution in [1.82, 2.24) is 5.32 Å². The largest absolute Gasteiger partial charge is 0.485 e. The molecule has 3 N–H and O–H groups in total. The fraction of sp³-hybridized carbons (Fsp3) is 0.500. The number of nitro benzene ring substituents is 1. The molecule has 1 atom stereocenters. The van der Waals surface area contributed by atoms with Gasteiger partial charge in [0, 0.05) is 23.7 Å². The lowest BCUT2D eigenvalue weighted by molar-refractivity contribution is -0.385. The van der Waals surface area contributed by atoms with E-state index in [-0.39, 0.29) is 29.5 Å². The highest BCUT2D eigenvalue weighted by molar-refractivity contribution is 5.95. The first-order valence-electron chi connectivity index (χ1n) is 6.79. The molecule has 0 aliphatic heterocycles. The average molecular weight is 295 g/mol. The summed E-state index contributed by atoms with van der Waals surface area (Å²) < 4.78 is 5.45. The third kappa shape index (κ3) is 4.71. The van der Waals surface area contributed by atoms with Gasteiger partial charge in [0.05, 0.1) is 4.92 Å². The molecule has 1 aromatic carbocycles. The number of nitrogens with one attached hydrogen (secondary N) is 1. The van der Waals surface area contributed by atoms with Crippen molar-refractivity contribution < 1.29 is 14.5 Å². The zero-order valence-corrected chi connectivity index (χ0v) is 12.5. The zero-order valence-electron chi connectivity index (χ0n) is 12.5. The van der Waals surface area contributed by atoms with Crippen LogP contribution in [0.15, 0.2) is 18.2 Å². The maximum atomic E-state index is 11.7. The van der Waals surface area contributed by atoms with Crippen molar-refractivity contribution >= 4 is 11.6 Å². The number of nitro groups is 1. The third-order valence-corrected chi connectivity index (χ3v) is 3.12. The van der Waals surface area contributed by atoms with E-state index in [0.717, 1.165) is 0 Å². The van der Waals surface area contributed by atoms with E-state index in [1.54, 1.807) is 6.92 Å². The summed E-state index contributed by atoms with van der Waals surface area (Å²) in [6.07, 6.45) is 0.678. The van der Waals surface area contributed by atoms with E-state index in [1.807, 2.05) is 13.8 Å². The Morgan fingerprint density at radius 3 is 2.67 bits per heavy atom. The number of hydrogen-bond acceptors (Lipinski definition) is 5. The van der Waals surface area contributed by atoms with E-state index < -0.39 is 10.5 Å². The molecule has 0 spiro atoms. The van der Waals surface area contributed by atoms with Crippen molar-refractivity contribution in [2.75, 3.05) is 13.2 Å². The Kier molecular flexibility index (Phi) is 5.66. The van der Waals surface area contributed by atoms with Gasteiger partial charge in [0.25, 0.3) is 5.91 Å². The highest BCUT2D eigenvalue weighted by atomic mass is 16.6. The van der Waals surface area contributed by atoms with Crippen LogP contribution in [0.1, 0.15) is 37.6 Å². The summed E-state index contributed by atoms with van der Waals surface area (Å²) in [5.41, 5.74) is 5.36. The number of hydrogen-bond donors (Lipinski definition) is 2. The molecule has 0 heterocycles. The second-order valence-corrected chi connectivity index (χ2v) is 5.10. The Labute approximate surface area is 123 Å². The fourth-order valence-corrected chi connectivity index (χ4v) is 1.53. The van der Waals surface area contributed by atoms with E-state index in [1.165, 1.54) is 18.2 Å². The number of rotatable bonds is 7. The van der Waals surface area contributed by atoms with Gasteiger partial charge in [-0.1, -0.05) is 6.92 Å². The van der Waals surface area contributed by atoms with Crippen LogP contribution in [-0.4, -0.2) is 29.5 Å². The molecule has 1 amide bonds. The zero-order chi connectivity index (χ0) is 16.0. The van der Waals surface area contributed by atoms with Crippen LogP contribution in [0.25, 0.3) is 0 Å². The quantitative estimate of drug-likeness (QED) is 0.589. The summed E-state index contributed by atoms with van der Waals surface area (Å²) in [5, 5.41) is 13.7. The van der Waals surface area contributed by atoms with Crippen molar-refractivity contribution in [1.29, 1.82) is 0 Å². The first-order chi connectivity index (χ1) is 9.80. The van der Waals surface area contributed by atoms with Crippen molar-refractivity contribution in [3.8, 4) is 5.75 Å². The Hall–Kier alpha value is -2.15. The lowest BCUT2D eigenvalue weighted by Gasteiger charge is -2.22. The fourth-order valence-electron chi connectivity index (χ4n) is 1.53. The van der Waals surface area contributed by atoms with Gasteiger partial charge in [-0.25, -0.2) is 0 Å². The predicted molar refractivity (Wildman–Crippen MR) is 79.5 cm³/mol. The van der Waals surface area contributed by atoms with Gasteiger partial charge in [-0.2, -0.15) is 0 Å². The number of benzene rings is 1. The highest BCUT2D eigenvalue weighted by Crippen LogP contribution is 2.28. The molecule has 7 heteroatoms. The maximum absolute atomic E-state index is 11.7. The molecule has 1 unspecified atom stereocenters. The molecule has 1 aromatic rings. The summed E-state index contributed by atoms with van der Waals surface area (Å²) in [7, 11) is 0. The normalized spacial score (nSPS) is 13.3. The standard InChI is InChI=1S/C14H21N3O4/c1-4-14(3,15)9-21-12-7-6-10(13(18)16-5-2)8-11(12)17(19)20/h6-8H,4-5,9,15H2,1-3H3,(H,16,18). The van der Waals surface area contributed by atoms with Crippen LogP contribution in [0, 0.1) is 10.1 Å². The first-order valence-corrected chi connectivity index (χ1v) is 6.79. The van der Waals surface area contributed by atoms with E-state index in [4.69, 9.17) is 10.5 Å². The molecule has 7 nitrogen and oxygen atoms in total. The number of carbonyl (C=O) groups is 1. The number of carbonyl (C=O) groups excluding carboxylic acids is 1. The summed E-state index contributed by atoms with van der Waals surface area (Å²) in [5.74, 6) is -0.248. The molecule has 1 rings (SSSR count). The first kappa shape index (κ1) is 16.9. The van der Waals surface area contributed by atoms with Crippen molar-refractivity contribution in [3.05, 3.63) is 33.9 Å². The van der Waals surface area contributed by atoms with Gasteiger partial charge < -0.3 is 15.8 Å². The van der Waals surface area contributed by atoms with Gasteiger partial charge in [-0.05, 0) is 32.4 Å². The number of nitrogens with zero attached hydrogens (tertiary/aromatic N) is 1. The Morgan fingerprint density at radius 1 is 1.48 bits per heavy atom. The molecular weight excluding hydrogens is 274 g/mol. The number of amides is 1. The summed E-state index contributed by atoms with van der Waals surface area (Å²) >= 11 is 0. The van der Waals surface area contributed by atoms with Crippen LogP contribution < -0.4 is 15.8 Å². The second-order valence-electron chi connectivity index (χ2n) is 5.10. The van der Waals surface area contributed by atoms with Gasteiger partial charge in [0.1, 0.15) is 6.61 Å². The maximum Gasteiger partial charge on any atom is 0.311 e.